The molecule has 7 heteroatoms. The second-order valence-electron chi connectivity index (χ2n) is 9.49. The van der Waals surface area contributed by atoms with Crippen LogP contribution in [0, 0.1) is 0 Å². The van der Waals surface area contributed by atoms with Gasteiger partial charge >= 0.3 is 0 Å². The molecule has 2 saturated carbocycles. The summed E-state index contributed by atoms with van der Waals surface area (Å²) in [5, 5.41) is 13.0. The number of aromatic nitrogens is 2. The van der Waals surface area contributed by atoms with Crippen LogP contribution < -0.4 is 21.5 Å². The first-order chi connectivity index (χ1) is 15.1. The summed E-state index contributed by atoms with van der Waals surface area (Å²) in [5.74, 6) is 1.38. The minimum Gasteiger partial charge on any atom is -0.471 e. The van der Waals surface area contributed by atoms with Crippen molar-refractivity contribution < 1.29 is 9.84 Å². The number of rotatable bonds is 5. The number of hydrogen-bond donors (Lipinski definition) is 4. The van der Waals surface area contributed by atoms with Crippen molar-refractivity contribution in [2.24, 2.45) is 5.73 Å². The average molecular weight is 424 g/mol. The van der Waals surface area contributed by atoms with Crippen LogP contribution in [0.1, 0.15) is 68.9 Å². The average Bonchev–Trinajstić information content (AvgIpc) is 3.22. The molecule has 0 bridgehead atoms. The number of fused-ring (bicyclic) bond motifs is 4. The van der Waals surface area contributed by atoms with Crippen LogP contribution in [0.25, 0.3) is 11.3 Å². The fraction of sp³-hybridized carbons (Fsp3) is 0.583. The molecule has 1 aromatic carbocycles. The number of nitrogens with zero attached hydrogens (tertiary/aromatic N) is 2. The molecule has 1 aromatic heterocycles. The lowest BCUT2D eigenvalue weighted by Crippen LogP contribution is -2.47. The number of ether oxygens (including phenoxy) is 1. The van der Waals surface area contributed by atoms with Gasteiger partial charge in [0.15, 0.2) is 5.72 Å². The van der Waals surface area contributed by atoms with E-state index in [0.29, 0.717) is 12.4 Å². The number of nitrogens with one attached hydrogen (secondary N) is 1. The topological polar surface area (TPSA) is 119 Å². The summed E-state index contributed by atoms with van der Waals surface area (Å²) in [6.07, 6.45) is 12.1. The highest BCUT2D eigenvalue weighted by Crippen LogP contribution is 2.55. The molecule has 0 radical (unpaired) electrons. The normalized spacial score (nSPS) is 20.8. The molecule has 0 unspecified atom stereocenters. The molecular weight excluding hydrogens is 390 g/mol. The van der Waals surface area contributed by atoms with Gasteiger partial charge in [-0.25, -0.2) is 9.97 Å². The van der Waals surface area contributed by atoms with Crippen molar-refractivity contribution in [2.75, 3.05) is 24.2 Å². The molecule has 1 spiro atoms. The first-order valence-corrected chi connectivity index (χ1v) is 11.7. The third-order valence-electron chi connectivity index (χ3n) is 7.44. The van der Waals surface area contributed by atoms with E-state index in [0.717, 1.165) is 73.2 Å². The number of benzene rings is 1. The molecule has 31 heavy (non-hydrogen) atoms. The monoisotopic (exact) mass is 423 g/mol. The van der Waals surface area contributed by atoms with Crippen LogP contribution in [0.5, 0.6) is 5.75 Å². The van der Waals surface area contributed by atoms with Crippen LogP contribution in [-0.2, 0) is 11.8 Å². The summed E-state index contributed by atoms with van der Waals surface area (Å²) in [7, 11) is 0. The number of aliphatic hydroxyl groups is 1. The zero-order valence-corrected chi connectivity index (χ0v) is 18.1. The minimum absolute atomic E-state index is 0.0345. The Morgan fingerprint density at radius 3 is 2.52 bits per heavy atom. The lowest BCUT2D eigenvalue weighted by Gasteiger charge is -2.39. The van der Waals surface area contributed by atoms with Gasteiger partial charge in [0, 0.05) is 35.9 Å². The third kappa shape index (κ3) is 3.53. The molecule has 7 nitrogen and oxygen atoms in total. The van der Waals surface area contributed by atoms with Crippen molar-refractivity contribution in [1.29, 1.82) is 0 Å². The Morgan fingerprint density at radius 2 is 1.77 bits per heavy atom. The highest BCUT2D eigenvalue weighted by molar-refractivity contribution is 5.83. The standard InChI is InChI=1S/C24H33N5O2/c25-22-19-21(28-15-29-22)16-6-7-18(31-24(26)10-2-1-3-11-24)20(27-12-13-30)17(16)14-23(19)8-4-5-9-23/h6-7,15,27,30H,1-5,8-14,26H2,(H2,25,28,29). The van der Waals surface area contributed by atoms with Gasteiger partial charge in [0.2, 0.25) is 0 Å². The van der Waals surface area contributed by atoms with Crippen LogP contribution >= 0.6 is 0 Å². The van der Waals surface area contributed by atoms with Crippen molar-refractivity contribution in [3.05, 3.63) is 29.6 Å². The van der Waals surface area contributed by atoms with Crippen LogP contribution in [-0.4, -0.2) is 34.0 Å². The highest BCUT2D eigenvalue weighted by atomic mass is 16.5. The van der Waals surface area contributed by atoms with E-state index in [9.17, 15) is 5.11 Å². The first kappa shape index (κ1) is 20.5. The predicted molar refractivity (Wildman–Crippen MR) is 122 cm³/mol. The lowest BCUT2D eigenvalue weighted by molar-refractivity contribution is 0.0371. The van der Waals surface area contributed by atoms with Crippen LogP contribution in [0.2, 0.25) is 0 Å². The minimum atomic E-state index is -0.633. The second-order valence-corrected chi connectivity index (χ2v) is 9.49. The zero-order valence-electron chi connectivity index (χ0n) is 18.1. The van der Waals surface area contributed by atoms with Gasteiger partial charge in [0.1, 0.15) is 17.9 Å². The SMILES string of the molecule is Nc1ncnc2c1C1(CCCC1)Cc1c-2ccc(OC2(N)CCCCC2)c1NCCO. The van der Waals surface area contributed by atoms with Crippen molar-refractivity contribution >= 4 is 11.5 Å². The van der Waals surface area contributed by atoms with E-state index < -0.39 is 5.72 Å². The molecule has 6 N–H and O–H groups in total. The molecule has 0 aliphatic heterocycles. The Hall–Kier alpha value is -2.38. The number of anilines is 2. The van der Waals surface area contributed by atoms with E-state index >= 15 is 0 Å². The summed E-state index contributed by atoms with van der Waals surface area (Å²) < 4.78 is 6.48. The molecule has 3 aliphatic rings. The molecule has 3 aliphatic carbocycles. The summed E-state index contributed by atoms with van der Waals surface area (Å²) in [6.45, 7) is 0.504. The summed E-state index contributed by atoms with van der Waals surface area (Å²) >= 11 is 0. The van der Waals surface area contributed by atoms with E-state index in [1.54, 1.807) is 6.33 Å². The van der Waals surface area contributed by atoms with Gasteiger partial charge in [-0.05, 0) is 49.8 Å². The van der Waals surface area contributed by atoms with Crippen molar-refractivity contribution in [1.82, 2.24) is 9.97 Å². The third-order valence-corrected chi connectivity index (χ3v) is 7.44. The molecule has 0 amide bonds. The van der Waals surface area contributed by atoms with E-state index in [2.05, 4.69) is 21.4 Å². The van der Waals surface area contributed by atoms with Crippen LogP contribution in [0.15, 0.2) is 18.5 Å². The lowest BCUT2D eigenvalue weighted by atomic mass is 9.67. The first-order valence-electron chi connectivity index (χ1n) is 11.7. The Bertz CT molecular complexity index is 965. The van der Waals surface area contributed by atoms with Crippen molar-refractivity contribution in [3.63, 3.8) is 0 Å². The summed E-state index contributed by atoms with van der Waals surface area (Å²) in [6, 6.07) is 4.09. The maximum Gasteiger partial charge on any atom is 0.158 e. The van der Waals surface area contributed by atoms with E-state index in [1.807, 2.05) is 6.07 Å². The van der Waals surface area contributed by atoms with E-state index in [4.69, 9.17) is 16.2 Å². The highest BCUT2D eigenvalue weighted by Gasteiger charge is 2.45. The van der Waals surface area contributed by atoms with E-state index in [1.165, 1.54) is 24.8 Å². The molecule has 2 aromatic rings. The second kappa shape index (κ2) is 7.95. The Labute approximate surface area is 183 Å². The van der Waals surface area contributed by atoms with Gasteiger partial charge in [-0.2, -0.15) is 0 Å². The maximum atomic E-state index is 9.53. The smallest absolute Gasteiger partial charge is 0.158 e. The van der Waals surface area contributed by atoms with Gasteiger partial charge < -0.3 is 20.9 Å². The largest absolute Gasteiger partial charge is 0.471 e. The molecule has 2 fully saturated rings. The number of hydrogen-bond acceptors (Lipinski definition) is 7. The van der Waals surface area contributed by atoms with Crippen molar-refractivity contribution in [3.8, 4) is 17.0 Å². The summed E-state index contributed by atoms with van der Waals surface area (Å²) in [5.41, 5.74) is 17.6. The Morgan fingerprint density at radius 1 is 1.03 bits per heavy atom. The molecule has 1 heterocycles. The van der Waals surface area contributed by atoms with Gasteiger partial charge in [-0.3, -0.25) is 5.73 Å². The number of nitrogens with two attached hydrogens (primary N) is 2. The van der Waals surface area contributed by atoms with Gasteiger partial charge in [0.05, 0.1) is 18.0 Å². The van der Waals surface area contributed by atoms with Crippen LogP contribution in [0.3, 0.4) is 0 Å². The zero-order chi connectivity index (χ0) is 21.5. The van der Waals surface area contributed by atoms with E-state index in [-0.39, 0.29) is 12.0 Å². The fourth-order valence-corrected chi connectivity index (χ4v) is 5.99. The van der Waals surface area contributed by atoms with Gasteiger partial charge in [0.25, 0.3) is 0 Å². The number of aliphatic hydroxyl groups excluding tert-OH is 1. The number of nitrogen functional groups attached to an aromatic ring is 1. The van der Waals surface area contributed by atoms with Crippen molar-refractivity contribution in [2.45, 2.75) is 75.3 Å². The summed E-state index contributed by atoms with van der Waals surface area (Å²) in [4.78, 5) is 9.02. The quantitative estimate of drug-likeness (QED) is 0.543. The molecule has 166 valence electrons. The Balaban J connectivity index is 1.64. The van der Waals surface area contributed by atoms with Crippen LogP contribution in [0.4, 0.5) is 11.5 Å². The maximum absolute atomic E-state index is 9.53. The Kier molecular flexibility index (Phi) is 5.26. The fourth-order valence-electron chi connectivity index (χ4n) is 5.99. The molecule has 0 atom stereocenters. The van der Waals surface area contributed by atoms with Gasteiger partial charge in [-0.15, -0.1) is 0 Å². The predicted octanol–water partition coefficient (Wildman–Crippen LogP) is 3.50. The molecular formula is C24H33N5O2. The van der Waals surface area contributed by atoms with Gasteiger partial charge in [-0.1, -0.05) is 19.3 Å². The molecule has 5 rings (SSSR count). The molecule has 0 saturated heterocycles.